The Morgan fingerprint density at radius 2 is 1.02 bits per heavy atom. The van der Waals surface area contributed by atoms with Crippen LogP contribution < -0.4 is 22.6 Å². The number of pyridine rings is 4. The van der Waals surface area contributed by atoms with E-state index in [0.29, 0.717) is 57.2 Å². The number of carbonyl (C=O) groups excluding carboxylic acids is 2. The number of fused-ring (bicyclic) bond motifs is 6. The van der Waals surface area contributed by atoms with E-state index in [-0.39, 0.29) is 54.1 Å². The summed E-state index contributed by atoms with van der Waals surface area (Å²) in [4.78, 5) is 70.6. The first-order chi connectivity index (χ1) is 56.0. The van der Waals surface area contributed by atoms with Crippen LogP contribution in [0.2, 0.25) is 5.02 Å². The Morgan fingerprint density at radius 3 is 1.55 bits per heavy atom. The number of nitriles is 2. The highest BCUT2D eigenvalue weighted by Gasteiger charge is 2.13. The fraction of sp³-hybridized carbons (Fsp3) is 0.0976. The molecule has 6 aromatic heterocycles. The van der Waals surface area contributed by atoms with Gasteiger partial charge in [-0.3, -0.25) is 19.5 Å². The zero-order chi connectivity index (χ0) is 85.7. The minimum atomic E-state index is -3.22. The number of rotatable bonds is 10. The molecule has 592 valence electrons. The van der Waals surface area contributed by atoms with Crippen LogP contribution in [0.15, 0.2) is 254 Å². The van der Waals surface area contributed by atoms with Gasteiger partial charge in [0.1, 0.15) is 35.0 Å². The van der Waals surface area contributed by atoms with Crippen LogP contribution in [0.25, 0.3) is 96.3 Å². The van der Waals surface area contributed by atoms with Crippen molar-refractivity contribution < 1.29 is 42.3 Å². The molecule has 0 radical (unpaired) electrons. The van der Waals surface area contributed by atoms with Gasteiger partial charge in [-0.05, 0) is 233 Å². The number of nitrogens with zero attached hydrogens (tertiary/aromatic N) is 11. The molecule has 6 heterocycles. The van der Waals surface area contributed by atoms with Crippen LogP contribution in [0.1, 0.15) is 31.9 Å². The molecule has 14 aromatic rings. The zero-order valence-electron chi connectivity index (χ0n) is 61.3. The van der Waals surface area contributed by atoms with E-state index in [1.54, 1.807) is 75.6 Å². The van der Waals surface area contributed by atoms with Crippen molar-refractivity contribution in [2.45, 2.75) is 33.8 Å². The van der Waals surface area contributed by atoms with Crippen LogP contribution in [0.3, 0.4) is 0 Å². The van der Waals surface area contributed by atoms with Crippen LogP contribution >= 0.6 is 130 Å². The summed E-state index contributed by atoms with van der Waals surface area (Å²) >= 11 is 36.5. The molecular weight excluding hydrogens is 1930 g/mol. The average Bonchev–Trinajstić information content (AvgIpc) is 1.50. The Labute approximate surface area is 731 Å². The molecule has 0 saturated heterocycles. The number of allylic oxidation sites excluding steroid dienone is 1. The third-order valence-corrected chi connectivity index (χ3v) is 17.6. The third kappa shape index (κ3) is 31.2. The first kappa shape index (κ1) is 94.3. The number of H-pyrrole nitrogens is 1. The quantitative estimate of drug-likeness (QED) is 0.0161. The smallest absolute Gasteiger partial charge is 0.352 e. The van der Waals surface area contributed by atoms with E-state index in [0.717, 1.165) is 100 Å². The maximum Gasteiger partial charge on any atom is 0.352 e. The number of halogens is 9. The maximum atomic E-state index is 11.7. The molecule has 0 amide bonds. The maximum absolute atomic E-state index is 11.7. The van der Waals surface area contributed by atoms with E-state index in [1.165, 1.54) is 12.4 Å². The average molecular weight is 1990 g/mol. The normalized spacial score (nSPS) is 10.4. The van der Waals surface area contributed by atoms with Gasteiger partial charge in [0.15, 0.2) is 22.2 Å². The number of hydrogen-bond acceptors (Lipinski definition) is 20. The van der Waals surface area contributed by atoms with Crippen molar-refractivity contribution in [3.05, 3.63) is 313 Å². The second kappa shape index (κ2) is 48.1. The fourth-order valence-corrected chi connectivity index (χ4v) is 11.2. The van der Waals surface area contributed by atoms with E-state index < -0.39 is 17.1 Å². The number of hydrogen-bond donors (Lipinski definition) is 5. The number of aliphatic hydroxyl groups excluding tert-OH is 1. The Morgan fingerprint density at radius 1 is 0.556 bits per heavy atom. The molecule has 35 heteroatoms. The number of esters is 2. The lowest BCUT2D eigenvalue weighted by Crippen LogP contribution is -2.06. The Bertz CT molecular complexity index is 6280. The fourth-order valence-electron chi connectivity index (χ4n) is 9.37. The number of aliphatic hydroxyl groups is 1. The van der Waals surface area contributed by atoms with Gasteiger partial charge < -0.3 is 55.1 Å². The van der Waals surface area contributed by atoms with Crippen molar-refractivity contribution in [2.75, 3.05) is 37.0 Å². The molecule has 117 heavy (non-hydrogen) atoms. The van der Waals surface area contributed by atoms with Gasteiger partial charge in [0.2, 0.25) is 22.7 Å². The van der Waals surface area contributed by atoms with Gasteiger partial charge in [0, 0.05) is 69.1 Å². The highest BCUT2D eigenvalue weighted by Crippen LogP contribution is 2.61. The molecular formula is C82H61Br5Cl4N15O10P. The number of aromatic nitrogens is 6. The van der Waals surface area contributed by atoms with E-state index in [4.69, 9.17) is 89.0 Å². The second-order valence-electron chi connectivity index (χ2n) is 22.7. The van der Waals surface area contributed by atoms with Crippen molar-refractivity contribution in [2.24, 2.45) is 0 Å². The Kier molecular flexibility index (Phi) is 38.8. The van der Waals surface area contributed by atoms with Crippen molar-refractivity contribution in [3.63, 3.8) is 0 Å². The summed E-state index contributed by atoms with van der Waals surface area (Å²) in [7, 11) is 0. The molecule has 8 N–H and O–H groups in total. The summed E-state index contributed by atoms with van der Waals surface area (Å²) in [6.45, 7) is 33.7. The number of carbonyl (C=O) groups is 2. The Hall–Kier alpha value is -11.6. The van der Waals surface area contributed by atoms with E-state index >= 15 is 0 Å². The van der Waals surface area contributed by atoms with Gasteiger partial charge in [-0.1, -0.05) is 128 Å². The van der Waals surface area contributed by atoms with E-state index in [9.17, 15) is 18.9 Å². The minimum absolute atomic E-state index is 0.00268. The Balaban J connectivity index is 0.000000209. The molecule has 0 fully saturated rings. The molecule has 0 aliphatic heterocycles. The van der Waals surface area contributed by atoms with Crippen molar-refractivity contribution >= 4 is 248 Å². The molecule has 25 nitrogen and oxygen atoms in total. The summed E-state index contributed by atoms with van der Waals surface area (Å²) in [6.07, 6.45) is 9.33. The predicted octanol–water partition coefficient (Wildman–Crippen LogP) is 24.5. The molecule has 14 rings (SSSR count). The predicted molar refractivity (Wildman–Crippen MR) is 479 cm³/mol. The topological polar surface area (TPSA) is 366 Å². The number of nitrogen functional groups attached to an aromatic ring is 3. The second-order valence-corrected chi connectivity index (χ2v) is 34.3. The van der Waals surface area contributed by atoms with Crippen molar-refractivity contribution in [3.8, 4) is 23.3 Å². The van der Waals surface area contributed by atoms with Gasteiger partial charge in [0.05, 0.1) is 74.3 Å². The molecule has 0 unspecified atom stereocenters. The third-order valence-electron chi connectivity index (χ3n) is 14.7. The van der Waals surface area contributed by atoms with Crippen LogP contribution in [0.5, 0.6) is 0 Å². The van der Waals surface area contributed by atoms with Gasteiger partial charge in [-0.15, -0.1) is 0 Å². The van der Waals surface area contributed by atoms with Gasteiger partial charge in [-0.2, -0.15) is 20.5 Å². The van der Waals surface area contributed by atoms with Crippen molar-refractivity contribution in [1.29, 1.82) is 10.5 Å². The van der Waals surface area contributed by atoms with Gasteiger partial charge in [-0.25, -0.2) is 29.0 Å². The molecule has 0 bridgehead atoms. The standard InChI is InChI=1S/C17H10N4O.C13H12BrNO2.C10H4BrClN2.C10H5BrN2O.C10H5BrN2.C8H8N2O2.C8H11NO3.C6H6BrN.Cl3OP/c1-19-13-7-12-6-10(2-4-14(12)20-9-13)11-3-5-16-15(8-11)21-17(18)22-16;1-2-17-13(16)11(9-15)6-3-10-4-7-12(14)8-5-10;1-13-9-5-14-8-3-2-6(11)4-7(8)10(9)12;1-12-9-5-13-8-3-2-6(11)4-7(8)10(9)14;1-12-9-5-7-4-8(11)2-3-10(7)13-6-9;9-8-10-6-3-5(4-11)1-2-7(6)12-8;1-3-11-6-7(5-9)8(10)12-4-2;7-5-1-3-6(8)4-2-5;1-5(2,3)4/h2-9H,(H2,18,21);4-8H,2-3H2,1H3;2-5H;2-5H,(H,13,14);2-6H;1-3,11H,4H2,(H2,9,10);6H,3-4H2,1-2H3;1-4H,8H2;/b;11-6+;;;;;7-6-;;. The molecule has 0 spiro atoms. The molecule has 0 aliphatic rings. The minimum Gasteiger partial charge on any atom is -0.500 e. The number of ether oxygens (including phenoxy) is 3. The molecule has 0 aliphatic carbocycles. The van der Waals surface area contributed by atoms with Crippen LogP contribution in [-0.2, 0) is 41.4 Å². The van der Waals surface area contributed by atoms with Crippen molar-refractivity contribution in [1.82, 2.24) is 29.9 Å². The highest BCUT2D eigenvalue weighted by molar-refractivity contribution is 9.11. The molecule has 0 saturated carbocycles. The SMILES string of the molecule is CCO/C=C(/C#N)C(=O)OCC.CCOC(=O)/C(C#N)=C/Cc1ccc(Br)cc1.Nc1ccc(Br)cc1.Nc1nc2cc(CO)ccc2o1.O=P(Cl)(Cl)Cl.[C-]#[N+]c1c[nH]c2ccc(Br)cc2c1=O.[C-]#[N+]c1cnc2ccc(-c3ccc4oc(N)nc4c3)cc2c1.[C-]#[N+]c1cnc2ccc(Br)cc2c1.[C-]#[N+]c1cnc2ccc(Br)cc2c1Cl. The number of anilines is 3. The zero-order valence-corrected chi connectivity index (χ0v) is 73.1. The number of nitrogens with two attached hydrogens (primary N) is 3. The molecule has 0 atom stereocenters. The summed E-state index contributed by atoms with van der Waals surface area (Å²) in [5, 5.41) is 26.6. The van der Waals surface area contributed by atoms with Crippen LogP contribution in [0.4, 0.5) is 40.5 Å². The first-order valence-corrected chi connectivity index (χ1v) is 42.3. The molecule has 8 aromatic carbocycles. The summed E-state index contributed by atoms with van der Waals surface area (Å²) in [6, 6.07) is 56.5. The highest BCUT2D eigenvalue weighted by atomic mass is 79.9. The summed E-state index contributed by atoms with van der Waals surface area (Å²) < 4.78 is 38.8. The lowest BCUT2D eigenvalue weighted by Gasteiger charge is -2.04. The van der Waals surface area contributed by atoms with Crippen LogP contribution in [-0.4, -0.2) is 66.8 Å². The van der Waals surface area contributed by atoms with E-state index in [2.05, 4.69) is 167 Å². The van der Waals surface area contributed by atoms with Crippen LogP contribution in [0, 0.1) is 49.0 Å². The lowest BCUT2D eigenvalue weighted by molar-refractivity contribution is -0.139. The number of aromatic amines is 1. The van der Waals surface area contributed by atoms with Gasteiger partial charge >= 0.3 is 17.1 Å². The summed E-state index contributed by atoms with van der Waals surface area (Å²) in [5.41, 5.74) is 28.3. The lowest BCUT2D eigenvalue weighted by atomic mass is 10.0. The number of oxazole rings is 2. The number of nitrogens with one attached hydrogen (secondary N) is 1. The van der Waals surface area contributed by atoms with Gasteiger partial charge in [0.25, 0.3) is 12.0 Å². The largest absolute Gasteiger partial charge is 0.500 e. The summed E-state index contributed by atoms with van der Waals surface area (Å²) in [5.74, 6) is -1.21. The monoisotopic (exact) mass is 1980 g/mol. The first-order valence-electron chi connectivity index (χ1n) is 33.5. The number of benzene rings is 8. The van der Waals surface area contributed by atoms with E-state index in [1.807, 2.05) is 146 Å².